The maximum Gasteiger partial charge on any atom is 0.0595 e. The van der Waals surface area contributed by atoms with Gasteiger partial charge in [-0.1, -0.05) is 35.7 Å². The van der Waals surface area contributed by atoms with E-state index in [0.29, 0.717) is 16.1 Å². The van der Waals surface area contributed by atoms with E-state index < -0.39 is 0 Å². The Labute approximate surface area is 132 Å². The van der Waals surface area contributed by atoms with Gasteiger partial charge in [0.05, 0.1) is 10.0 Å². The third-order valence-corrected chi connectivity index (χ3v) is 4.61. The molecule has 0 spiro atoms. The molecule has 1 N–H and O–H groups in total. The summed E-state index contributed by atoms with van der Waals surface area (Å²) < 4.78 is 0. The SMILES string of the molecule is CC(CN1CCCCC1)NCCc1ccc(Cl)c(Cl)c1. The molecular formula is C16H24Cl2N2. The van der Waals surface area contributed by atoms with E-state index in [2.05, 4.69) is 17.1 Å². The Bertz CT molecular complexity index is 417. The molecule has 1 saturated heterocycles. The Hall–Kier alpha value is -0.280. The summed E-state index contributed by atoms with van der Waals surface area (Å²) in [4.78, 5) is 2.57. The van der Waals surface area contributed by atoms with Crippen molar-refractivity contribution in [3.05, 3.63) is 33.8 Å². The van der Waals surface area contributed by atoms with Gasteiger partial charge in [-0.15, -0.1) is 0 Å². The van der Waals surface area contributed by atoms with Gasteiger partial charge in [0.15, 0.2) is 0 Å². The van der Waals surface area contributed by atoms with Crippen LogP contribution in [0.5, 0.6) is 0 Å². The quantitative estimate of drug-likeness (QED) is 0.853. The van der Waals surface area contributed by atoms with Crippen LogP contribution in [0.25, 0.3) is 0 Å². The van der Waals surface area contributed by atoms with Gasteiger partial charge in [-0.3, -0.25) is 0 Å². The van der Waals surface area contributed by atoms with Crippen molar-refractivity contribution in [1.82, 2.24) is 10.2 Å². The number of nitrogens with zero attached hydrogens (tertiary/aromatic N) is 1. The van der Waals surface area contributed by atoms with Crippen LogP contribution in [0.1, 0.15) is 31.7 Å². The van der Waals surface area contributed by atoms with Gasteiger partial charge in [0, 0.05) is 12.6 Å². The fraction of sp³-hybridized carbons (Fsp3) is 0.625. The maximum absolute atomic E-state index is 6.03. The molecule has 2 nitrogen and oxygen atoms in total. The molecule has 4 heteroatoms. The number of likely N-dealkylation sites (tertiary alicyclic amines) is 1. The number of benzene rings is 1. The lowest BCUT2D eigenvalue weighted by atomic mass is 10.1. The van der Waals surface area contributed by atoms with Crippen molar-refractivity contribution < 1.29 is 0 Å². The molecule has 112 valence electrons. The van der Waals surface area contributed by atoms with Crippen LogP contribution >= 0.6 is 23.2 Å². The van der Waals surface area contributed by atoms with Crippen LogP contribution in [0.4, 0.5) is 0 Å². The summed E-state index contributed by atoms with van der Waals surface area (Å²) in [6, 6.07) is 6.42. The van der Waals surface area contributed by atoms with Gasteiger partial charge in [-0.25, -0.2) is 0 Å². The van der Waals surface area contributed by atoms with E-state index in [4.69, 9.17) is 23.2 Å². The zero-order valence-electron chi connectivity index (χ0n) is 12.2. The number of halogens is 2. The van der Waals surface area contributed by atoms with Gasteiger partial charge in [-0.2, -0.15) is 0 Å². The first-order valence-corrected chi connectivity index (χ1v) is 8.30. The molecule has 2 rings (SSSR count). The predicted octanol–water partition coefficient (Wildman–Crippen LogP) is 4.00. The lowest BCUT2D eigenvalue weighted by Gasteiger charge is -2.29. The number of nitrogens with one attached hydrogen (secondary N) is 1. The third-order valence-electron chi connectivity index (χ3n) is 3.87. The number of hydrogen-bond acceptors (Lipinski definition) is 2. The molecule has 0 amide bonds. The number of piperidine rings is 1. The van der Waals surface area contributed by atoms with Crippen molar-refractivity contribution >= 4 is 23.2 Å². The number of hydrogen-bond donors (Lipinski definition) is 1. The summed E-state index contributed by atoms with van der Waals surface area (Å²) in [6.45, 7) is 6.93. The molecular weight excluding hydrogens is 291 g/mol. The maximum atomic E-state index is 6.03. The van der Waals surface area contributed by atoms with Crippen LogP contribution in [0.2, 0.25) is 10.0 Å². The zero-order valence-corrected chi connectivity index (χ0v) is 13.7. The van der Waals surface area contributed by atoms with E-state index in [9.17, 15) is 0 Å². The van der Waals surface area contributed by atoms with E-state index >= 15 is 0 Å². The molecule has 1 aromatic carbocycles. The Morgan fingerprint density at radius 2 is 1.90 bits per heavy atom. The first kappa shape index (κ1) is 16.1. The molecule has 1 fully saturated rings. The van der Waals surface area contributed by atoms with Gasteiger partial charge in [0.25, 0.3) is 0 Å². The third kappa shape index (κ3) is 5.25. The Balaban J connectivity index is 1.67. The van der Waals surface area contributed by atoms with Crippen LogP contribution in [-0.4, -0.2) is 37.1 Å². The standard InChI is InChI=1S/C16H24Cl2N2/c1-13(12-20-9-3-2-4-10-20)19-8-7-14-5-6-15(17)16(18)11-14/h5-6,11,13,19H,2-4,7-10,12H2,1H3. The van der Waals surface area contributed by atoms with Gasteiger partial charge >= 0.3 is 0 Å². The summed E-state index contributed by atoms with van der Waals surface area (Å²) in [7, 11) is 0. The second-order valence-electron chi connectivity index (χ2n) is 5.71. The van der Waals surface area contributed by atoms with Crippen molar-refractivity contribution in [3.63, 3.8) is 0 Å². The molecule has 1 aliphatic rings. The van der Waals surface area contributed by atoms with Crippen LogP contribution in [0.15, 0.2) is 18.2 Å². The molecule has 0 aromatic heterocycles. The molecule has 1 aliphatic heterocycles. The highest BCUT2D eigenvalue weighted by Crippen LogP contribution is 2.22. The summed E-state index contributed by atoms with van der Waals surface area (Å²) >= 11 is 11.9. The lowest BCUT2D eigenvalue weighted by Crippen LogP contribution is -2.42. The van der Waals surface area contributed by atoms with Gasteiger partial charge in [0.2, 0.25) is 0 Å². The van der Waals surface area contributed by atoms with Crippen molar-refractivity contribution in [2.24, 2.45) is 0 Å². The smallest absolute Gasteiger partial charge is 0.0595 e. The summed E-state index contributed by atoms with van der Waals surface area (Å²) in [5, 5.41) is 4.87. The van der Waals surface area contributed by atoms with Crippen molar-refractivity contribution in [2.45, 2.75) is 38.6 Å². The highest BCUT2D eigenvalue weighted by molar-refractivity contribution is 6.42. The normalized spacial score (nSPS) is 18.1. The first-order chi connectivity index (χ1) is 9.65. The van der Waals surface area contributed by atoms with Crippen molar-refractivity contribution in [2.75, 3.05) is 26.2 Å². The van der Waals surface area contributed by atoms with Crippen LogP contribution < -0.4 is 5.32 Å². The highest BCUT2D eigenvalue weighted by atomic mass is 35.5. The van der Waals surface area contributed by atoms with Gasteiger partial charge in [0.1, 0.15) is 0 Å². The van der Waals surface area contributed by atoms with E-state index in [1.54, 1.807) is 0 Å². The highest BCUT2D eigenvalue weighted by Gasteiger charge is 2.12. The molecule has 1 aromatic rings. The molecule has 20 heavy (non-hydrogen) atoms. The van der Waals surface area contributed by atoms with E-state index in [-0.39, 0.29) is 0 Å². The first-order valence-electron chi connectivity index (χ1n) is 7.55. The lowest BCUT2D eigenvalue weighted by molar-refractivity contribution is 0.209. The Morgan fingerprint density at radius 1 is 1.15 bits per heavy atom. The molecule has 0 bridgehead atoms. The Morgan fingerprint density at radius 3 is 2.60 bits per heavy atom. The molecule has 1 unspecified atom stereocenters. The van der Waals surface area contributed by atoms with Crippen LogP contribution in [0, 0.1) is 0 Å². The van der Waals surface area contributed by atoms with E-state index in [1.807, 2.05) is 18.2 Å². The molecule has 1 heterocycles. The fourth-order valence-corrected chi connectivity index (χ4v) is 3.07. The van der Waals surface area contributed by atoms with E-state index in [1.165, 1.54) is 37.9 Å². The molecule has 1 atom stereocenters. The van der Waals surface area contributed by atoms with Crippen molar-refractivity contribution in [3.8, 4) is 0 Å². The summed E-state index contributed by atoms with van der Waals surface area (Å²) in [5.74, 6) is 0. The largest absolute Gasteiger partial charge is 0.313 e. The molecule has 0 radical (unpaired) electrons. The van der Waals surface area contributed by atoms with Crippen LogP contribution in [0.3, 0.4) is 0 Å². The topological polar surface area (TPSA) is 15.3 Å². The monoisotopic (exact) mass is 314 g/mol. The zero-order chi connectivity index (χ0) is 14.4. The van der Waals surface area contributed by atoms with Crippen LogP contribution in [-0.2, 0) is 6.42 Å². The van der Waals surface area contributed by atoms with Gasteiger partial charge < -0.3 is 10.2 Å². The van der Waals surface area contributed by atoms with Crippen molar-refractivity contribution in [1.29, 1.82) is 0 Å². The fourth-order valence-electron chi connectivity index (χ4n) is 2.75. The summed E-state index contributed by atoms with van der Waals surface area (Å²) in [5.41, 5.74) is 1.23. The second kappa shape index (κ2) is 8.23. The minimum atomic E-state index is 0.538. The minimum Gasteiger partial charge on any atom is -0.313 e. The molecule has 0 saturated carbocycles. The Kier molecular flexibility index (Phi) is 6.63. The predicted molar refractivity (Wildman–Crippen MR) is 87.9 cm³/mol. The average molecular weight is 315 g/mol. The van der Waals surface area contributed by atoms with Gasteiger partial charge in [-0.05, 0) is 63.5 Å². The molecule has 0 aliphatic carbocycles. The average Bonchev–Trinajstić information content (AvgIpc) is 2.44. The van der Waals surface area contributed by atoms with E-state index in [0.717, 1.165) is 19.5 Å². The second-order valence-corrected chi connectivity index (χ2v) is 6.53. The number of rotatable bonds is 6. The minimum absolute atomic E-state index is 0.538. The summed E-state index contributed by atoms with van der Waals surface area (Å²) in [6.07, 6.45) is 5.10.